The van der Waals surface area contributed by atoms with E-state index in [4.69, 9.17) is 14.9 Å². The second-order valence-electron chi connectivity index (χ2n) is 3.45. The van der Waals surface area contributed by atoms with Gasteiger partial charge in [0, 0.05) is 12.0 Å². The second kappa shape index (κ2) is 6.25. The fourth-order valence-corrected chi connectivity index (χ4v) is 1.19. The van der Waals surface area contributed by atoms with E-state index in [2.05, 4.69) is 0 Å². The fraction of sp³-hybridized carbons (Fsp3) is 0.417. The average Bonchev–Trinajstić information content (AvgIpc) is 2.35. The van der Waals surface area contributed by atoms with Crippen molar-refractivity contribution in [2.75, 3.05) is 13.2 Å². The molecule has 0 aromatic heterocycles. The van der Waals surface area contributed by atoms with Crippen molar-refractivity contribution in [2.45, 2.75) is 19.4 Å². The number of ether oxygens (including phenoxy) is 1. The number of aliphatic hydroxyl groups is 2. The minimum atomic E-state index is -0.878. The van der Waals surface area contributed by atoms with Crippen molar-refractivity contribution in [1.29, 1.82) is 0 Å². The second-order valence-corrected chi connectivity index (χ2v) is 3.45. The van der Waals surface area contributed by atoms with Crippen LogP contribution in [0.15, 0.2) is 24.3 Å². The molecule has 0 fully saturated rings. The van der Waals surface area contributed by atoms with Crippen LogP contribution in [-0.4, -0.2) is 35.3 Å². The Morgan fingerprint density at radius 1 is 1.38 bits per heavy atom. The Balaban J connectivity index is 2.54. The number of carbonyl (C=O) groups excluding carboxylic acids is 1. The van der Waals surface area contributed by atoms with E-state index in [1.165, 1.54) is 0 Å². The summed E-state index contributed by atoms with van der Waals surface area (Å²) in [6.45, 7) is 1.52. The molecule has 0 aliphatic heterocycles. The smallest absolute Gasteiger partial charge is 0.162 e. The van der Waals surface area contributed by atoms with E-state index >= 15 is 0 Å². The van der Waals surface area contributed by atoms with Crippen LogP contribution in [0.2, 0.25) is 0 Å². The molecule has 4 heteroatoms. The van der Waals surface area contributed by atoms with Gasteiger partial charge in [0.15, 0.2) is 5.78 Å². The van der Waals surface area contributed by atoms with Gasteiger partial charge in [-0.3, -0.25) is 4.79 Å². The van der Waals surface area contributed by atoms with Crippen LogP contribution in [0.5, 0.6) is 5.75 Å². The molecule has 0 aliphatic rings. The number of hydrogen-bond donors (Lipinski definition) is 2. The van der Waals surface area contributed by atoms with Crippen molar-refractivity contribution in [1.82, 2.24) is 0 Å². The topological polar surface area (TPSA) is 66.8 Å². The average molecular weight is 224 g/mol. The zero-order valence-corrected chi connectivity index (χ0v) is 9.22. The van der Waals surface area contributed by atoms with Crippen molar-refractivity contribution in [2.24, 2.45) is 0 Å². The Hall–Kier alpha value is -1.39. The summed E-state index contributed by atoms with van der Waals surface area (Å²) in [5, 5.41) is 17.7. The number of Topliss-reactive ketones (excluding diaryl/α,β-unsaturated/α-hetero) is 1. The van der Waals surface area contributed by atoms with Gasteiger partial charge in [0.1, 0.15) is 18.5 Å². The summed E-state index contributed by atoms with van der Waals surface area (Å²) in [6, 6.07) is 6.72. The highest BCUT2D eigenvalue weighted by Gasteiger charge is 2.05. The molecule has 4 nitrogen and oxygen atoms in total. The van der Waals surface area contributed by atoms with Crippen LogP contribution in [-0.2, 0) is 0 Å². The third kappa shape index (κ3) is 3.64. The monoisotopic (exact) mass is 224 g/mol. The van der Waals surface area contributed by atoms with Crippen molar-refractivity contribution in [3.63, 3.8) is 0 Å². The van der Waals surface area contributed by atoms with Gasteiger partial charge in [0.05, 0.1) is 6.61 Å². The highest BCUT2D eigenvalue weighted by Crippen LogP contribution is 2.13. The zero-order valence-electron chi connectivity index (χ0n) is 9.22. The lowest BCUT2D eigenvalue weighted by Gasteiger charge is -2.09. The van der Waals surface area contributed by atoms with Crippen molar-refractivity contribution in [3.05, 3.63) is 29.8 Å². The van der Waals surface area contributed by atoms with Gasteiger partial charge in [-0.25, -0.2) is 0 Å². The molecule has 0 saturated heterocycles. The summed E-state index contributed by atoms with van der Waals surface area (Å²) in [6.07, 6.45) is -0.402. The maximum Gasteiger partial charge on any atom is 0.162 e. The van der Waals surface area contributed by atoms with E-state index in [1.807, 2.05) is 6.92 Å². The Morgan fingerprint density at radius 2 is 2.00 bits per heavy atom. The molecular formula is C12H16O4. The summed E-state index contributed by atoms with van der Waals surface area (Å²) < 4.78 is 5.21. The lowest BCUT2D eigenvalue weighted by atomic mass is 10.1. The van der Waals surface area contributed by atoms with Crippen LogP contribution in [0.25, 0.3) is 0 Å². The van der Waals surface area contributed by atoms with E-state index in [-0.39, 0.29) is 19.0 Å². The third-order valence-electron chi connectivity index (χ3n) is 2.15. The van der Waals surface area contributed by atoms with Gasteiger partial charge in [-0.05, 0) is 24.3 Å². The molecule has 88 valence electrons. The van der Waals surface area contributed by atoms with E-state index in [0.717, 1.165) is 0 Å². The summed E-state index contributed by atoms with van der Waals surface area (Å²) in [7, 11) is 0. The minimum Gasteiger partial charge on any atom is -0.491 e. The first-order valence-electron chi connectivity index (χ1n) is 5.22. The van der Waals surface area contributed by atoms with Crippen LogP contribution in [0.4, 0.5) is 0 Å². The van der Waals surface area contributed by atoms with Crippen molar-refractivity contribution in [3.8, 4) is 5.75 Å². The van der Waals surface area contributed by atoms with Crippen LogP contribution in [0, 0.1) is 0 Å². The molecule has 0 aliphatic carbocycles. The standard InChI is InChI=1S/C12H16O4/c1-2-12(15)9-3-5-11(6-4-9)16-8-10(14)7-13/h3-6,10,13-14H,2,7-8H2,1H3. The molecule has 0 amide bonds. The minimum absolute atomic E-state index is 0.0393. The van der Waals surface area contributed by atoms with Gasteiger partial charge in [-0.2, -0.15) is 0 Å². The molecule has 1 unspecified atom stereocenters. The first-order valence-corrected chi connectivity index (χ1v) is 5.22. The highest BCUT2D eigenvalue weighted by molar-refractivity contribution is 5.95. The third-order valence-corrected chi connectivity index (χ3v) is 2.15. The number of aliphatic hydroxyl groups excluding tert-OH is 2. The molecule has 1 aromatic carbocycles. The van der Waals surface area contributed by atoms with Crippen LogP contribution in [0.1, 0.15) is 23.7 Å². The highest BCUT2D eigenvalue weighted by atomic mass is 16.5. The summed E-state index contributed by atoms with van der Waals surface area (Å²) in [5.41, 5.74) is 0.651. The number of hydrogen-bond acceptors (Lipinski definition) is 4. The predicted molar refractivity (Wildman–Crippen MR) is 59.7 cm³/mol. The quantitative estimate of drug-likeness (QED) is 0.708. The number of benzene rings is 1. The maximum absolute atomic E-state index is 11.3. The van der Waals surface area contributed by atoms with Gasteiger partial charge in [0.25, 0.3) is 0 Å². The zero-order chi connectivity index (χ0) is 12.0. The summed E-state index contributed by atoms with van der Waals surface area (Å²) in [5.74, 6) is 0.655. The molecule has 2 N–H and O–H groups in total. The first kappa shape index (κ1) is 12.7. The maximum atomic E-state index is 11.3. The largest absolute Gasteiger partial charge is 0.491 e. The lowest BCUT2D eigenvalue weighted by Crippen LogP contribution is -2.21. The number of carbonyl (C=O) groups is 1. The Morgan fingerprint density at radius 3 is 2.50 bits per heavy atom. The Labute approximate surface area is 94.5 Å². The molecule has 0 heterocycles. The fourth-order valence-electron chi connectivity index (χ4n) is 1.19. The SMILES string of the molecule is CCC(=O)c1ccc(OCC(O)CO)cc1. The normalized spacial score (nSPS) is 12.2. The molecule has 0 radical (unpaired) electrons. The van der Waals surface area contributed by atoms with E-state index in [0.29, 0.717) is 17.7 Å². The van der Waals surface area contributed by atoms with Gasteiger partial charge in [-0.15, -0.1) is 0 Å². The predicted octanol–water partition coefficient (Wildman–Crippen LogP) is 1.01. The van der Waals surface area contributed by atoms with Gasteiger partial charge >= 0.3 is 0 Å². The van der Waals surface area contributed by atoms with Crippen LogP contribution in [0.3, 0.4) is 0 Å². The van der Waals surface area contributed by atoms with Crippen LogP contribution < -0.4 is 4.74 Å². The molecule has 0 saturated carbocycles. The van der Waals surface area contributed by atoms with E-state index in [9.17, 15) is 4.79 Å². The van der Waals surface area contributed by atoms with Gasteiger partial charge < -0.3 is 14.9 Å². The van der Waals surface area contributed by atoms with Crippen LogP contribution >= 0.6 is 0 Å². The molecule has 0 spiro atoms. The van der Waals surface area contributed by atoms with Crippen molar-refractivity contribution >= 4 is 5.78 Å². The van der Waals surface area contributed by atoms with Gasteiger partial charge in [0.2, 0.25) is 0 Å². The number of rotatable bonds is 6. The molecule has 0 bridgehead atoms. The van der Waals surface area contributed by atoms with Crippen molar-refractivity contribution < 1.29 is 19.7 Å². The molecule has 1 rings (SSSR count). The Kier molecular flexibility index (Phi) is 4.95. The lowest BCUT2D eigenvalue weighted by molar-refractivity contribution is 0.0536. The molecule has 16 heavy (non-hydrogen) atoms. The summed E-state index contributed by atoms with van der Waals surface area (Å²) >= 11 is 0. The van der Waals surface area contributed by atoms with E-state index in [1.54, 1.807) is 24.3 Å². The summed E-state index contributed by atoms with van der Waals surface area (Å²) in [4.78, 5) is 11.3. The first-order chi connectivity index (χ1) is 7.67. The molecular weight excluding hydrogens is 208 g/mol. The number of ketones is 1. The van der Waals surface area contributed by atoms with E-state index < -0.39 is 6.10 Å². The molecule has 1 aromatic rings. The Bertz CT molecular complexity index is 331. The molecule has 1 atom stereocenters. The van der Waals surface area contributed by atoms with Gasteiger partial charge in [-0.1, -0.05) is 6.92 Å².